The molecule has 2 aromatic heterocycles. The molecular weight excluding hydrogens is 454 g/mol. The summed E-state index contributed by atoms with van der Waals surface area (Å²) in [6.45, 7) is 2.76. The van der Waals surface area contributed by atoms with Crippen molar-refractivity contribution >= 4 is 28.1 Å². The Morgan fingerprint density at radius 2 is 1.91 bits per heavy atom. The van der Waals surface area contributed by atoms with E-state index in [0.29, 0.717) is 30.8 Å². The number of hydrogen-bond acceptors (Lipinski definition) is 6. The fourth-order valence-corrected chi connectivity index (χ4v) is 5.84. The molecule has 3 heterocycles. The van der Waals surface area contributed by atoms with Crippen LogP contribution in [0, 0.1) is 12.8 Å². The third-order valence-electron chi connectivity index (χ3n) is 5.98. The molecule has 180 valence electrons. The van der Waals surface area contributed by atoms with Crippen LogP contribution >= 0.6 is 0 Å². The van der Waals surface area contributed by atoms with E-state index in [0.717, 1.165) is 12.8 Å². The highest BCUT2D eigenvalue weighted by Gasteiger charge is 2.35. The van der Waals surface area contributed by atoms with Crippen molar-refractivity contribution in [2.45, 2.75) is 37.5 Å². The van der Waals surface area contributed by atoms with Gasteiger partial charge in [-0.25, -0.2) is 8.42 Å². The second-order valence-corrected chi connectivity index (χ2v) is 10.2. The number of hydrogen-bond donors (Lipinski definition) is 1. The number of piperidine rings is 1. The molecule has 3 aromatic rings. The third-order valence-corrected chi connectivity index (χ3v) is 8.04. The van der Waals surface area contributed by atoms with Crippen LogP contribution in [0.4, 0.5) is 0 Å². The summed E-state index contributed by atoms with van der Waals surface area (Å²) in [5.74, 6) is 0.540. The lowest BCUT2D eigenvalue weighted by Gasteiger charge is -2.30. The number of aromatic nitrogens is 1. The number of carbonyl (C=O) groups excluding carboxylic acids is 1. The van der Waals surface area contributed by atoms with Crippen LogP contribution in [0.15, 0.2) is 62.6 Å². The van der Waals surface area contributed by atoms with Crippen molar-refractivity contribution in [1.82, 2.24) is 14.8 Å². The summed E-state index contributed by atoms with van der Waals surface area (Å²) in [6.07, 6.45) is 7.44. The van der Waals surface area contributed by atoms with Gasteiger partial charge in [-0.05, 0) is 62.5 Å². The monoisotopic (exact) mass is 483 g/mol. The van der Waals surface area contributed by atoms with Crippen LogP contribution in [0.1, 0.15) is 42.0 Å². The number of aryl methyl sites for hydroxylation is 2. The van der Waals surface area contributed by atoms with E-state index in [1.165, 1.54) is 16.1 Å². The predicted molar refractivity (Wildman–Crippen MR) is 128 cm³/mol. The normalized spacial score (nSPS) is 15.7. The van der Waals surface area contributed by atoms with E-state index in [-0.39, 0.29) is 35.6 Å². The van der Waals surface area contributed by atoms with E-state index in [1.54, 1.807) is 31.2 Å². The second kappa shape index (κ2) is 10.8. The van der Waals surface area contributed by atoms with Gasteiger partial charge < -0.3 is 14.3 Å². The molecule has 1 aliphatic rings. The molecule has 1 amide bonds. The Kier molecular flexibility index (Phi) is 7.64. The van der Waals surface area contributed by atoms with E-state index in [9.17, 15) is 13.2 Å². The number of rotatable bonds is 9. The van der Waals surface area contributed by atoms with E-state index in [2.05, 4.69) is 22.6 Å². The number of amides is 1. The van der Waals surface area contributed by atoms with Gasteiger partial charge in [-0.15, -0.1) is 0 Å². The van der Waals surface area contributed by atoms with Gasteiger partial charge in [-0.1, -0.05) is 35.5 Å². The molecule has 34 heavy (non-hydrogen) atoms. The maximum atomic E-state index is 13.3. The number of carbonyl (C=O) groups is 1. The van der Waals surface area contributed by atoms with Crippen molar-refractivity contribution in [3.05, 3.63) is 71.5 Å². The van der Waals surface area contributed by atoms with Crippen molar-refractivity contribution in [1.29, 1.82) is 0 Å². The summed E-state index contributed by atoms with van der Waals surface area (Å²) < 4.78 is 38.6. The summed E-state index contributed by atoms with van der Waals surface area (Å²) in [5, 5.41) is 6.86. The Hall–Kier alpha value is -3.17. The number of furan rings is 1. The minimum Gasteiger partial charge on any atom is -0.465 e. The zero-order chi connectivity index (χ0) is 24.0. The summed E-state index contributed by atoms with van der Waals surface area (Å²) in [4.78, 5) is 12.6. The predicted octanol–water partition coefficient (Wildman–Crippen LogP) is 3.90. The van der Waals surface area contributed by atoms with Crippen LogP contribution in [0.3, 0.4) is 0 Å². The van der Waals surface area contributed by atoms with Crippen LogP contribution in [0.25, 0.3) is 12.2 Å². The average molecular weight is 484 g/mol. The molecule has 4 rings (SSSR count). The topological polar surface area (TPSA) is 106 Å². The van der Waals surface area contributed by atoms with Gasteiger partial charge >= 0.3 is 0 Å². The minimum absolute atomic E-state index is 0.00617. The Bertz CT molecular complexity index is 1210. The molecule has 1 saturated heterocycles. The quantitative estimate of drug-likeness (QED) is 0.463. The van der Waals surface area contributed by atoms with Gasteiger partial charge in [0.1, 0.15) is 11.5 Å². The zero-order valence-corrected chi connectivity index (χ0v) is 20.0. The lowest BCUT2D eigenvalue weighted by molar-refractivity contribution is -0.126. The average Bonchev–Trinajstić information content (AvgIpc) is 3.51. The van der Waals surface area contributed by atoms with Crippen molar-refractivity contribution in [2.24, 2.45) is 5.92 Å². The van der Waals surface area contributed by atoms with Gasteiger partial charge in [0.05, 0.1) is 6.26 Å². The highest BCUT2D eigenvalue weighted by atomic mass is 32.2. The van der Waals surface area contributed by atoms with E-state index in [1.807, 2.05) is 18.2 Å². The standard InChI is InChI=1S/C25H29N3O5S/c1-19-24(23(33-27-19)12-11-22-10-6-18-32-22)34(30,31)28-16-13-21(14-17-28)25(29)26-15-5-9-20-7-3-2-4-8-20/h2-4,6-8,10-12,18,21H,5,9,13-17H2,1H3,(H,26,29). The van der Waals surface area contributed by atoms with Crippen LogP contribution in [-0.4, -0.2) is 43.4 Å². The zero-order valence-electron chi connectivity index (χ0n) is 19.1. The van der Waals surface area contributed by atoms with E-state index >= 15 is 0 Å². The summed E-state index contributed by atoms with van der Waals surface area (Å²) in [7, 11) is -3.81. The SMILES string of the molecule is Cc1noc(C=Cc2ccco2)c1S(=O)(=O)N1CCC(C(=O)NCCCc2ccccc2)CC1. The first kappa shape index (κ1) is 24.0. The first-order valence-corrected chi connectivity index (χ1v) is 12.9. The van der Waals surface area contributed by atoms with Crippen LogP contribution < -0.4 is 5.32 Å². The summed E-state index contributed by atoms with van der Waals surface area (Å²) in [5.41, 5.74) is 1.55. The van der Waals surface area contributed by atoms with E-state index in [4.69, 9.17) is 8.94 Å². The highest BCUT2D eigenvalue weighted by Crippen LogP contribution is 2.29. The molecule has 8 nitrogen and oxygen atoms in total. The van der Waals surface area contributed by atoms with E-state index < -0.39 is 10.0 Å². The Morgan fingerprint density at radius 1 is 1.15 bits per heavy atom. The number of benzene rings is 1. The van der Waals surface area contributed by atoms with Crippen molar-refractivity contribution < 1.29 is 22.2 Å². The molecule has 1 aromatic carbocycles. The number of nitrogens with zero attached hydrogens (tertiary/aromatic N) is 2. The molecule has 0 radical (unpaired) electrons. The molecule has 1 N–H and O–H groups in total. The van der Waals surface area contributed by atoms with Gasteiger partial charge in [-0.2, -0.15) is 4.31 Å². The number of sulfonamides is 1. The van der Waals surface area contributed by atoms with Gasteiger partial charge in [0.2, 0.25) is 15.9 Å². The summed E-state index contributed by atoms with van der Waals surface area (Å²) >= 11 is 0. The molecule has 0 aliphatic carbocycles. The third kappa shape index (κ3) is 5.66. The van der Waals surface area contributed by atoms with Crippen molar-refractivity contribution in [3.63, 3.8) is 0 Å². The van der Waals surface area contributed by atoms with Crippen molar-refractivity contribution in [3.8, 4) is 0 Å². The lowest BCUT2D eigenvalue weighted by atomic mass is 9.97. The maximum Gasteiger partial charge on any atom is 0.248 e. The highest BCUT2D eigenvalue weighted by molar-refractivity contribution is 7.89. The molecule has 0 saturated carbocycles. The van der Waals surface area contributed by atoms with Crippen LogP contribution in [0.2, 0.25) is 0 Å². The minimum atomic E-state index is -3.81. The van der Waals surface area contributed by atoms with Gasteiger partial charge in [0.15, 0.2) is 10.7 Å². The molecule has 1 fully saturated rings. The molecule has 0 unspecified atom stereocenters. The molecule has 0 bridgehead atoms. The largest absolute Gasteiger partial charge is 0.465 e. The Morgan fingerprint density at radius 3 is 2.62 bits per heavy atom. The smallest absolute Gasteiger partial charge is 0.248 e. The molecule has 1 aliphatic heterocycles. The second-order valence-electron chi connectivity index (χ2n) is 8.37. The first-order valence-electron chi connectivity index (χ1n) is 11.4. The van der Waals surface area contributed by atoms with Crippen LogP contribution in [-0.2, 0) is 21.2 Å². The fourth-order valence-electron chi connectivity index (χ4n) is 4.12. The van der Waals surface area contributed by atoms with Crippen molar-refractivity contribution in [2.75, 3.05) is 19.6 Å². The molecule has 9 heteroatoms. The first-order chi connectivity index (χ1) is 16.4. The van der Waals surface area contributed by atoms with Crippen LogP contribution in [0.5, 0.6) is 0 Å². The maximum absolute atomic E-state index is 13.3. The molecule has 0 atom stereocenters. The number of nitrogens with one attached hydrogen (secondary N) is 1. The van der Waals surface area contributed by atoms with Gasteiger partial charge in [0.25, 0.3) is 0 Å². The summed E-state index contributed by atoms with van der Waals surface area (Å²) in [6, 6.07) is 13.7. The van der Waals surface area contributed by atoms with Gasteiger partial charge in [-0.3, -0.25) is 4.79 Å². The Labute approximate surface area is 199 Å². The fraction of sp³-hybridized carbons (Fsp3) is 0.360. The Balaban J connectivity index is 1.31. The lowest BCUT2D eigenvalue weighted by Crippen LogP contribution is -2.43. The molecule has 0 spiro atoms. The molecular formula is C25H29N3O5S. The van der Waals surface area contributed by atoms with Gasteiger partial charge in [0, 0.05) is 25.6 Å².